The first-order chi connectivity index (χ1) is 13.3. The number of halogens is 1. The van der Waals surface area contributed by atoms with Gasteiger partial charge in [0.05, 0.1) is 20.3 Å². The maximum atomic E-state index is 5.41. The van der Waals surface area contributed by atoms with E-state index in [-0.39, 0.29) is 24.0 Å². The second-order valence-corrected chi connectivity index (χ2v) is 6.36. The first-order valence-corrected chi connectivity index (χ1v) is 9.28. The second kappa shape index (κ2) is 11.8. The van der Waals surface area contributed by atoms with Gasteiger partial charge in [-0.2, -0.15) is 0 Å². The van der Waals surface area contributed by atoms with Crippen LogP contribution in [0.5, 0.6) is 5.75 Å². The molecule has 2 N–H and O–H groups in total. The molecule has 3 rings (SSSR count). The molecule has 0 radical (unpaired) electrons. The molecule has 7 heteroatoms. The Morgan fingerprint density at radius 2 is 1.71 bits per heavy atom. The fourth-order valence-corrected chi connectivity index (χ4v) is 3.08. The van der Waals surface area contributed by atoms with Gasteiger partial charge in [0, 0.05) is 44.5 Å². The number of hydrogen-bond acceptors (Lipinski definition) is 4. The van der Waals surface area contributed by atoms with Gasteiger partial charge in [-0.15, -0.1) is 24.0 Å². The molecule has 28 heavy (non-hydrogen) atoms. The van der Waals surface area contributed by atoms with E-state index in [2.05, 4.69) is 44.8 Å². The van der Waals surface area contributed by atoms with E-state index < -0.39 is 0 Å². The largest absolute Gasteiger partial charge is 0.496 e. The lowest BCUT2D eigenvalue weighted by atomic mass is 10.2. The van der Waals surface area contributed by atoms with E-state index in [1.165, 1.54) is 11.3 Å². The third-order valence-corrected chi connectivity index (χ3v) is 4.63. The van der Waals surface area contributed by atoms with Crippen LogP contribution in [0, 0.1) is 0 Å². The van der Waals surface area contributed by atoms with Gasteiger partial charge in [0.25, 0.3) is 0 Å². The smallest absolute Gasteiger partial charge is 0.191 e. The normalized spacial score (nSPS) is 14.2. The van der Waals surface area contributed by atoms with Gasteiger partial charge in [-0.3, -0.25) is 4.99 Å². The highest BCUT2D eigenvalue weighted by atomic mass is 127. The van der Waals surface area contributed by atoms with Crippen molar-refractivity contribution in [1.29, 1.82) is 0 Å². The monoisotopic (exact) mass is 496 g/mol. The maximum Gasteiger partial charge on any atom is 0.191 e. The molecule has 1 aliphatic rings. The standard InChI is InChI=1S/C21H28N4O2.HI/c1-22-21(24-16-18-5-3-4-6-20(18)26-2)23-15-17-7-9-19(10-8-17)25-11-13-27-14-12-25;/h3-10H,11-16H2,1-2H3,(H2,22,23,24);1H. The van der Waals surface area contributed by atoms with Crippen molar-refractivity contribution in [1.82, 2.24) is 10.6 Å². The molecule has 0 unspecified atom stereocenters. The van der Waals surface area contributed by atoms with Crippen molar-refractivity contribution in [2.45, 2.75) is 13.1 Å². The number of aliphatic imine (C=N–C) groups is 1. The Morgan fingerprint density at radius 1 is 1.04 bits per heavy atom. The molecule has 0 bridgehead atoms. The number of rotatable bonds is 6. The fourth-order valence-electron chi connectivity index (χ4n) is 3.08. The number of methoxy groups -OCH3 is 1. The second-order valence-electron chi connectivity index (χ2n) is 6.36. The Kier molecular flexibility index (Phi) is 9.36. The molecule has 0 atom stereocenters. The first kappa shape index (κ1) is 22.3. The van der Waals surface area contributed by atoms with E-state index in [0.29, 0.717) is 6.54 Å². The lowest BCUT2D eigenvalue weighted by Gasteiger charge is -2.28. The molecule has 0 aliphatic carbocycles. The molecule has 0 spiro atoms. The Labute approximate surface area is 184 Å². The Hall–Kier alpha value is -2.00. The van der Waals surface area contributed by atoms with Crippen LogP contribution in [-0.2, 0) is 17.8 Å². The third-order valence-electron chi connectivity index (χ3n) is 4.63. The van der Waals surface area contributed by atoms with Gasteiger partial charge in [0.15, 0.2) is 5.96 Å². The van der Waals surface area contributed by atoms with Gasteiger partial charge in [-0.05, 0) is 23.8 Å². The van der Waals surface area contributed by atoms with E-state index in [1.807, 2.05) is 24.3 Å². The average molecular weight is 496 g/mol. The summed E-state index contributed by atoms with van der Waals surface area (Å²) in [5.41, 5.74) is 3.56. The van der Waals surface area contributed by atoms with Gasteiger partial charge in [0.1, 0.15) is 5.75 Å². The van der Waals surface area contributed by atoms with E-state index in [4.69, 9.17) is 9.47 Å². The van der Waals surface area contributed by atoms with Crippen LogP contribution in [0.15, 0.2) is 53.5 Å². The molecule has 2 aromatic carbocycles. The first-order valence-electron chi connectivity index (χ1n) is 9.28. The number of para-hydroxylation sites is 1. The summed E-state index contributed by atoms with van der Waals surface area (Å²) in [4.78, 5) is 6.65. The lowest BCUT2D eigenvalue weighted by molar-refractivity contribution is 0.122. The molecule has 1 fully saturated rings. The molecule has 1 saturated heterocycles. The summed E-state index contributed by atoms with van der Waals surface area (Å²) < 4.78 is 10.8. The quantitative estimate of drug-likeness (QED) is 0.366. The summed E-state index contributed by atoms with van der Waals surface area (Å²) in [5, 5.41) is 6.69. The average Bonchev–Trinajstić information content (AvgIpc) is 2.75. The zero-order valence-electron chi connectivity index (χ0n) is 16.5. The predicted molar refractivity (Wildman–Crippen MR) is 125 cm³/mol. The Balaban J connectivity index is 0.00000280. The number of guanidine groups is 1. The van der Waals surface area contributed by atoms with Crippen molar-refractivity contribution < 1.29 is 9.47 Å². The van der Waals surface area contributed by atoms with Gasteiger partial charge in [0.2, 0.25) is 0 Å². The number of nitrogens with one attached hydrogen (secondary N) is 2. The van der Waals surface area contributed by atoms with Crippen LogP contribution in [-0.4, -0.2) is 46.4 Å². The Bertz CT molecular complexity index is 746. The van der Waals surface area contributed by atoms with Crippen LogP contribution < -0.4 is 20.3 Å². The summed E-state index contributed by atoms with van der Waals surface area (Å²) in [7, 11) is 3.46. The summed E-state index contributed by atoms with van der Waals surface area (Å²) >= 11 is 0. The van der Waals surface area contributed by atoms with Gasteiger partial charge < -0.3 is 25.0 Å². The van der Waals surface area contributed by atoms with E-state index in [0.717, 1.165) is 50.1 Å². The van der Waals surface area contributed by atoms with Crippen molar-refractivity contribution in [2.75, 3.05) is 45.4 Å². The number of ether oxygens (including phenoxy) is 2. The SMILES string of the molecule is CN=C(NCc1ccc(N2CCOCC2)cc1)NCc1ccccc1OC.I. The van der Waals surface area contributed by atoms with Crippen molar-refractivity contribution in [2.24, 2.45) is 4.99 Å². The number of hydrogen-bond donors (Lipinski definition) is 2. The van der Waals surface area contributed by atoms with Crippen LogP contribution >= 0.6 is 24.0 Å². The van der Waals surface area contributed by atoms with Crippen LogP contribution in [0.25, 0.3) is 0 Å². The molecule has 0 amide bonds. The minimum Gasteiger partial charge on any atom is -0.496 e. The molecule has 1 heterocycles. The van der Waals surface area contributed by atoms with E-state index in [1.54, 1.807) is 14.2 Å². The van der Waals surface area contributed by atoms with E-state index in [9.17, 15) is 0 Å². The summed E-state index contributed by atoms with van der Waals surface area (Å²) in [5.74, 6) is 1.64. The molecule has 0 saturated carbocycles. The number of benzene rings is 2. The van der Waals surface area contributed by atoms with E-state index >= 15 is 0 Å². The lowest BCUT2D eigenvalue weighted by Crippen LogP contribution is -2.36. The fraction of sp³-hybridized carbons (Fsp3) is 0.381. The summed E-state index contributed by atoms with van der Waals surface area (Å²) in [6, 6.07) is 16.6. The molecule has 1 aliphatic heterocycles. The van der Waals surface area contributed by atoms with Gasteiger partial charge in [-0.25, -0.2) is 0 Å². The molecular formula is C21H29IN4O2. The van der Waals surface area contributed by atoms with Gasteiger partial charge >= 0.3 is 0 Å². The molecule has 6 nitrogen and oxygen atoms in total. The zero-order valence-corrected chi connectivity index (χ0v) is 18.8. The zero-order chi connectivity index (χ0) is 18.9. The number of nitrogens with zero attached hydrogens (tertiary/aromatic N) is 2. The third kappa shape index (κ3) is 6.27. The minimum atomic E-state index is 0. The van der Waals surface area contributed by atoms with Crippen molar-refractivity contribution in [3.05, 3.63) is 59.7 Å². The maximum absolute atomic E-state index is 5.41. The van der Waals surface area contributed by atoms with Crippen LogP contribution in [0.4, 0.5) is 5.69 Å². The van der Waals surface area contributed by atoms with Crippen LogP contribution in [0.2, 0.25) is 0 Å². The summed E-state index contributed by atoms with van der Waals surface area (Å²) in [6.07, 6.45) is 0. The highest BCUT2D eigenvalue weighted by Crippen LogP contribution is 2.17. The molecule has 0 aromatic heterocycles. The van der Waals surface area contributed by atoms with Crippen molar-refractivity contribution in [3.8, 4) is 5.75 Å². The molecular weight excluding hydrogens is 467 g/mol. The van der Waals surface area contributed by atoms with Crippen LogP contribution in [0.1, 0.15) is 11.1 Å². The van der Waals surface area contributed by atoms with Crippen LogP contribution in [0.3, 0.4) is 0 Å². The number of anilines is 1. The molecule has 152 valence electrons. The van der Waals surface area contributed by atoms with Gasteiger partial charge in [-0.1, -0.05) is 30.3 Å². The Morgan fingerprint density at radius 3 is 2.39 bits per heavy atom. The highest BCUT2D eigenvalue weighted by molar-refractivity contribution is 14.0. The molecule has 2 aromatic rings. The summed E-state index contributed by atoms with van der Waals surface area (Å²) in [6.45, 7) is 4.89. The number of morpholine rings is 1. The van der Waals surface area contributed by atoms with Crippen molar-refractivity contribution in [3.63, 3.8) is 0 Å². The predicted octanol–water partition coefficient (Wildman–Crippen LogP) is 3.02. The minimum absolute atomic E-state index is 0. The topological polar surface area (TPSA) is 58.1 Å². The highest BCUT2D eigenvalue weighted by Gasteiger charge is 2.10. The van der Waals surface area contributed by atoms with Crippen molar-refractivity contribution >= 4 is 35.6 Å².